The number of aromatic nitrogens is 1. The topological polar surface area (TPSA) is 48.1 Å². The maximum atomic E-state index is 13.4. The van der Waals surface area contributed by atoms with Crippen molar-refractivity contribution in [1.29, 1.82) is 0 Å². The number of anilines is 1. The minimum absolute atomic E-state index is 0.0280. The fourth-order valence-corrected chi connectivity index (χ4v) is 3.93. The summed E-state index contributed by atoms with van der Waals surface area (Å²) in [4.78, 5) is 4.15. The van der Waals surface area contributed by atoms with E-state index in [0.717, 1.165) is 29.8 Å². The molecule has 1 aliphatic carbocycles. The van der Waals surface area contributed by atoms with Crippen molar-refractivity contribution in [1.82, 2.24) is 4.98 Å². The van der Waals surface area contributed by atoms with Gasteiger partial charge in [-0.05, 0) is 55.2 Å². The first-order valence-corrected chi connectivity index (χ1v) is 7.67. The highest BCUT2D eigenvalue weighted by atomic mass is 19.1. The lowest BCUT2D eigenvalue weighted by atomic mass is 9.93. The third-order valence-electron chi connectivity index (χ3n) is 5.00. The summed E-state index contributed by atoms with van der Waals surface area (Å²) in [6.45, 7) is 0.918. The van der Waals surface area contributed by atoms with Gasteiger partial charge in [-0.3, -0.25) is 0 Å². The molecular formula is C17H19FN2O. The number of nitrogens with zero attached hydrogens (tertiary/aromatic N) is 1. The molecule has 2 N–H and O–H groups in total. The molecule has 1 saturated carbocycles. The number of nitrogen functional groups attached to an aromatic ring is 1. The lowest BCUT2D eigenvalue weighted by Crippen LogP contribution is -2.20. The average molecular weight is 286 g/mol. The zero-order valence-corrected chi connectivity index (χ0v) is 11.9. The molecule has 4 rings (SSSR count). The van der Waals surface area contributed by atoms with Gasteiger partial charge in [0.15, 0.2) is 11.6 Å². The summed E-state index contributed by atoms with van der Waals surface area (Å²) in [5.41, 5.74) is 7.57. The second kappa shape index (κ2) is 4.95. The van der Waals surface area contributed by atoms with Gasteiger partial charge < -0.3 is 10.5 Å². The first-order valence-electron chi connectivity index (χ1n) is 7.67. The third kappa shape index (κ3) is 2.27. The average Bonchev–Trinajstić information content (AvgIpc) is 3.05. The maximum Gasteiger partial charge on any atom is 0.165 e. The van der Waals surface area contributed by atoms with E-state index in [0.29, 0.717) is 12.0 Å². The second-order valence-electron chi connectivity index (χ2n) is 6.31. The van der Waals surface area contributed by atoms with Crippen LogP contribution in [0, 0.1) is 17.7 Å². The van der Waals surface area contributed by atoms with Crippen LogP contribution in [0.1, 0.15) is 24.8 Å². The monoisotopic (exact) mass is 286 g/mol. The van der Waals surface area contributed by atoms with Crippen LogP contribution in [0.3, 0.4) is 0 Å². The van der Waals surface area contributed by atoms with Crippen molar-refractivity contribution in [3.05, 3.63) is 35.6 Å². The molecule has 21 heavy (non-hydrogen) atoms. The first-order chi connectivity index (χ1) is 10.2. The fraction of sp³-hybridized carbons (Fsp3) is 0.471. The van der Waals surface area contributed by atoms with E-state index >= 15 is 0 Å². The van der Waals surface area contributed by atoms with Crippen LogP contribution in [0.25, 0.3) is 10.9 Å². The van der Waals surface area contributed by atoms with Crippen LogP contribution in [0.15, 0.2) is 24.3 Å². The highest BCUT2D eigenvalue weighted by Gasteiger charge is 2.40. The largest absolute Gasteiger partial charge is 0.381 e. The molecule has 0 spiro atoms. The quantitative estimate of drug-likeness (QED) is 0.921. The van der Waals surface area contributed by atoms with Crippen LogP contribution in [0.4, 0.5) is 10.2 Å². The molecule has 1 aliphatic heterocycles. The molecule has 3 nitrogen and oxygen atoms in total. The van der Waals surface area contributed by atoms with Crippen LogP contribution >= 0.6 is 0 Å². The molecule has 1 saturated heterocycles. The van der Waals surface area contributed by atoms with Crippen LogP contribution in [-0.4, -0.2) is 17.7 Å². The molecule has 3 unspecified atom stereocenters. The van der Waals surface area contributed by atoms with E-state index in [9.17, 15) is 4.39 Å². The standard InChI is InChI=1S/C17H19FN2O/c18-14-9-12-2-1-10(8-15(12)20-17(14)19)7-13-4-3-11-5-6-21-16(11)13/h1-2,8-9,11,13,16H,3-7H2,(H2,19,20). The Kier molecular flexibility index (Phi) is 3.07. The number of nitrogens with two attached hydrogens (primary N) is 1. The Balaban J connectivity index is 1.60. The summed E-state index contributed by atoms with van der Waals surface area (Å²) >= 11 is 0. The van der Waals surface area contributed by atoms with Gasteiger partial charge in [-0.2, -0.15) is 0 Å². The maximum absolute atomic E-state index is 13.4. The SMILES string of the molecule is Nc1nc2cc(CC3CCC4CCOC43)ccc2cc1F. The molecule has 3 atom stereocenters. The van der Waals surface area contributed by atoms with E-state index in [-0.39, 0.29) is 5.82 Å². The highest BCUT2D eigenvalue weighted by Crippen LogP contribution is 2.41. The zero-order valence-electron chi connectivity index (χ0n) is 11.9. The molecule has 2 heterocycles. The lowest BCUT2D eigenvalue weighted by Gasteiger charge is -2.18. The number of pyridine rings is 1. The molecule has 2 fully saturated rings. The van der Waals surface area contributed by atoms with Gasteiger partial charge >= 0.3 is 0 Å². The predicted molar refractivity (Wildman–Crippen MR) is 80.4 cm³/mol. The Morgan fingerprint density at radius 3 is 3.05 bits per heavy atom. The van der Waals surface area contributed by atoms with Crippen molar-refractivity contribution in [2.75, 3.05) is 12.3 Å². The summed E-state index contributed by atoms with van der Waals surface area (Å²) in [6.07, 6.45) is 5.20. The number of halogens is 1. The van der Waals surface area contributed by atoms with Crippen molar-refractivity contribution in [2.24, 2.45) is 11.8 Å². The van der Waals surface area contributed by atoms with Crippen LogP contribution in [-0.2, 0) is 11.2 Å². The van der Waals surface area contributed by atoms with Gasteiger partial charge in [-0.25, -0.2) is 9.37 Å². The van der Waals surface area contributed by atoms with E-state index in [1.54, 1.807) is 0 Å². The van der Waals surface area contributed by atoms with E-state index in [1.807, 2.05) is 12.1 Å². The van der Waals surface area contributed by atoms with E-state index in [1.165, 1.54) is 30.9 Å². The number of fused-ring (bicyclic) bond motifs is 2. The molecule has 0 bridgehead atoms. The van der Waals surface area contributed by atoms with Gasteiger partial charge in [0, 0.05) is 12.0 Å². The normalized spacial score (nSPS) is 28.1. The summed E-state index contributed by atoms with van der Waals surface area (Å²) in [5.74, 6) is 0.888. The minimum atomic E-state index is -0.451. The van der Waals surface area contributed by atoms with Gasteiger partial charge in [0.1, 0.15) is 0 Å². The number of hydrogen-bond donors (Lipinski definition) is 1. The molecule has 0 radical (unpaired) electrons. The highest BCUT2D eigenvalue weighted by molar-refractivity contribution is 5.80. The number of rotatable bonds is 2. The fourth-order valence-electron chi connectivity index (χ4n) is 3.93. The van der Waals surface area contributed by atoms with Crippen LogP contribution in [0.5, 0.6) is 0 Å². The Hall–Kier alpha value is -1.68. The predicted octanol–water partition coefficient (Wildman–Crippen LogP) is 3.31. The Bertz CT molecular complexity index is 688. The Labute approximate surface area is 123 Å². The molecule has 2 aromatic rings. The van der Waals surface area contributed by atoms with Gasteiger partial charge in [0.25, 0.3) is 0 Å². The summed E-state index contributed by atoms with van der Waals surface area (Å²) < 4.78 is 19.3. The molecular weight excluding hydrogens is 267 g/mol. The summed E-state index contributed by atoms with van der Waals surface area (Å²) in [7, 11) is 0. The minimum Gasteiger partial charge on any atom is -0.381 e. The van der Waals surface area contributed by atoms with Crippen molar-refractivity contribution in [3.63, 3.8) is 0 Å². The van der Waals surface area contributed by atoms with Crippen LogP contribution < -0.4 is 5.73 Å². The zero-order chi connectivity index (χ0) is 14.4. The lowest BCUT2D eigenvalue weighted by molar-refractivity contribution is 0.0660. The first kappa shape index (κ1) is 13.0. The van der Waals surface area contributed by atoms with Gasteiger partial charge in [-0.1, -0.05) is 12.1 Å². The number of ether oxygens (including phenoxy) is 1. The van der Waals surface area contributed by atoms with Crippen molar-refractivity contribution >= 4 is 16.7 Å². The third-order valence-corrected chi connectivity index (χ3v) is 5.00. The van der Waals surface area contributed by atoms with E-state index in [2.05, 4.69) is 11.1 Å². The summed E-state index contributed by atoms with van der Waals surface area (Å²) in [6, 6.07) is 7.49. The van der Waals surface area contributed by atoms with Gasteiger partial charge in [-0.15, -0.1) is 0 Å². The second-order valence-corrected chi connectivity index (χ2v) is 6.31. The number of benzene rings is 1. The van der Waals surface area contributed by atoms with E-state index in [4.69, 9.17) is 10.5 Å². The molecule has 110 valence electrons. The smallest absolute Gasteiger partial charge is 0.165 e. The molecule has 1 aromatic heterocycles. The molecule has 0 amide bonds. The Morgan fingerprint density at radius 2 is 2.14 bits per heavy atom. The molecule has 1 aromatic carbocycles. The Morgan fingerprint density at radius 1 is 1.24 bits per heavy atom. The van der Waals surface area contributed by atoms with Crippen LogP contribution in [0.2, 0.25) is 0 Å². The molecule has 2 aliphatic rings. The van der Waals surface area contributed by atoms with Gasteiger partial charge in [0.05, 0.1) is 11.6 Å². The number of hydrogen-bond acceptors (Lipinski definition) is 3. The van der Waals surface area contributed by atoms with Crippen molar-refractivity contribution < 1.29 is 9.13 Å². The van der Waals surface area contributed by atoms with Crippen molar-refractivity contribution in [3.8, 4) is 0 Å². The van der Waals surface area contributed by atoms with Gasteiger partial charge in [0.2, 0.25) is 0 Å². The van der Waals surface area contributed by atoms with Crippen molar-refractivity contribution in [2.45, 2.75) is 31.8 Å². The molecule has 4 heteroatoms. The summed E-state index contributed by atoms with van der Waals surface area (Å²) in [5, 5.41) is 0.798. The van der Waals surface area contributed by atoms with E-state index < -0.39 is 5.82 Å².